The third-order valence-corrected chi connectivity index (χ3v) is 10.3. The first-order valence-electron chi connectivity index (χ1n) is 15.0. The fourth-order valence-corrected chi connectivity index (χ4v) is 7.35. The highest BCUT2D eigenvalue weighted by molar-refractivity contribution is 7.89. The van der Waals surface area contributed by atoms with Crippen LogP contribution in [-0.2, 0) is 14.8 Å². The summed E-state index contributed by atoms with van der Waals surface area (Å²) in [5.74, 6) is -0.0605. The van der Waals surface area contributed by atoms with Gasteiger partial charge in [0.25, 0.3) is 5.91 Å². The van der Waals surface area contributed by atoms with Crippen molar-refractivity contribution in [2.24, 2.45) is 0 Å². The highest BCUT2D eigenvalue weighted by Gasteiger charge is 2.29. The molecule has 6 rings (SSSR count). The van der Waals surface area contributed by atoms with Crippen molar-refractivity contribution < 1.29 is 22.7 Å². The number of carbonyl (C=O) groups is 2. The predicted molar refractivity (Wildman–Crippen MR) is 185 cm³/mol. The average Bonchev–Trinajstić information content (AvgIpc) is 3.60. The van der Waals surface area contributed by atoms with E-state index in [1.165, 1.54) is 16.7 Å². The quantitative estimate of drug-likeness (QED) is 0.201. The topological polar surface area (TPSA) is 134 Å². The molecule has 47 heavy (non-hydrogen) atoms. The number of ether oxygens (including phenoxy) is 1. The largest absolute Gasteiger partial charge is 0.444 e. The predicted octanol–water partition coefficient (Wildman–Crippen LogP) is 6.47. The summed E-state index contributed by atoms with van der Waals surface area (Å²) < 4.78 is 33.6. The lowest BCUT2D eigenvalue weighted by atomic mass is 10.1. The third-order valence-electron chi connectivity index (χ3n) is 7.49. The zero-order chi connectivity index (χ0) is 33.2. The second kappa shape index (κ2) is 13.1. The molecule has 2 aromatic heterocycles. The summed E-state index contributed by atoms with van der Waals surface area (Å²) in [7, 11) is -3.67. The number of hydrogen-bond donors (Lipinski definition) is 2. The molecule has 11 nitrogen and oxygen atoms in total. The molecule has 1 aliphatic heterocycles. The minimum atomic E-state index is -3.67. The lowest BCUT2D eigenvalue weighted by Crippen LogP contribution is -2.49. The number of nitrogens with one attached hydrogen (secondary N) is 2. The van der Waals surface area contributed by atoms with Crippen LogP contribution in [0.1, 0.15) is 31.1 Å². The van der Waals surface area contributed by atoms with Crippen molar-refractivity contribution in [3.63, 3.8) is 0 Å². The highest BCUT2D eigenvalue weighted by Crippen LogP contribution is 2.32. The summed E-state index contributed by atoms with van der Waals surface area (Å²) in [6, 6.07) is 22.1. The molecule has 1 aliphatic rings. The molecule has 0 saturated carbocycles. The molecular weight excluding hydrogens is 637 g/mol. The second-order valence-electron chi connectivity index (χ2n) is 12.0. The number of benzene rings is 3. The Bertz CT molecular complexity index is 2020. The third kappa shape index (κ3) is 7.43. The van der Waals surface area contributed by atoms with E-state index in [9.17, 15) is 18.0 Å². The molecule has 3 heterocycles. The molecule has 13 heteroatoms. The molecule has 0 unspecified atom stereocenters. The SMILES string of the molecule is CC(C)(C)OC(=O)Nc1ccc(-c2cccs2)cc1NC(=O)c1cnc(N2CCN(S(=O)(=O)c3ccc4ccccc4c3)CC2)nc1. The van der Waals surface area contributed by atoms with Crippen LogP contribution < -0.4 is 15.5 Å². The van der Waals surface area contributed by atoms with Gasteiger partial charge in [-0.2, -0.15) is 4.31 Å². The summed E-state index contributed by atoms with van der Waals surface area (Å²) in [6.45, 7) is 6.65. The Hall–Kier alpha value is -4.85. The molecular formula is C34H34N6O5S2. The summed E-state index contributed by atoms with van der Waals surface area (Å²) in [5.41, 5.74) is 1.16. The van der Waals surface area contributed by atoms with Crippen molar-refractivity contribution in [2.45, 2.75) is 31.3 Å². The molecule has 242 valence electrons. The minimum Gasteiger partial charge on any atom is -0.444 e. The van der Waals surface area contributed by atoms with Crippen LogP contribution in [0.3, 0.4) is 0 Å². The van der Waals surface area contributed by atoms with Gasteiger partial charge < -0.3 is 15.0 Å². The fraction of sp³-hybridized carbons (Fsp3) is 0.235. The number of aromatic nitrogens is 2. The lowest BCUT2D eigenvalue weighted by molar-refractivity contribution is 0.0635. The first-order valence-corrected chi connectivity index (χ1v) is 17.3. The zero-order valence-electron chi connectivity index (χ0n) is 26.1. The Balaban J connectivity index is 1.12. The van der Waals surface area contributed by atoms with E-state index in [0.717, 1.165) is 21.2 Å². The Morgan fingerprint density at radius 3 is 2.23 bits per heavy atom. The molecule has 0 bridgehead atoms. The van der Waals surface area contributed by atoms with Gasteiger partial charge in [0.15, 0.2) is 0 Å². The Morgan fingerprint density at radius 2 is 1.55 bits per heavy atom. The van der Waals surface area contributed by atoms with Crippen LogP contribution in [0.15, 0.2) is 95.5 Å². The van der Waals surface area contributed by atoms with E-state index in [1.54, 1.807) is 56.4 Å². The van der Waals surface area contributed by atoms with Crippen molar-refractivity contribution in [1.82, 2.24) is 14.3 Å². The van der Waals surface area contributed by atoms with Crippen LogP contribution in [0.25, 0.3) is 21.2 Å². The van der Waals surface area contributed by atoms with Gasteiger partial charge >= 0.3 is 6.09 Å². The molecule has 0 spiro atoms. The van der Waals surface area contributed by atoms with Crippen molar-refractivity contribution in [3.05, 3.63) is 96.1 Å². The highest BCUT2D eigenvalue weighted by atomic mass is 32.2. The molecule has 2 N–H and O–H groups in total. The van der Waals surface area contributed by atoms with E-state index in [2.05, 4.69) is 20.6 Å². The van der Waals surface area contributed by atoms with Gasteiger partial charge in [0.1, 0.15) is 5.60 Å². The van der Waals surface area contributed by atoms with Crippen LogP contribution in [0.2, 0.25) is 0 Å². The summed E-state index contributed by atoms with van der Waals surface area (Å²) in [4.78, 5) is 37.8. The maximum atomic E-state index is 13.4. The first-order chi connectivity index (χ1) is 22.5. The van der Waals surface area contributed by atoms with E-state index >= 15 is 0 Å². The van der Waals surface area contributed by atoms with Crippen LogP contribution in [0.5, 0.6) is 0 Å². The summed E-state index contributed by atoms with van der Waals surface area (Å²) in [5, 5.41) is 9.41. The van der Waals surface area contributed by atoms with Crippen LogP contribution in [0, 0.1) is 0 Å². The Labute approximate surface area is 277 Å². The van der Waals surface area contributed by atoms with E-state index in [1.807, 2.05) is 58.8 Å². The number of carbonyl (C=O) groups excluding carboxylic acids is 2. The maximum Gasteiger partial charge on any atom is 0.412 e. The maximum absolute atomic E-state index is 13.4. The van der Waals surface area contributed by atoms with E-state index in [4.69, 9.17) is 4.74 Å². The minimum absolute atomic E-state index is 0.219. The molecule has 3 aromatic carbocycles. The number of fused-ring (bicyclic) bond motifs is 1. The Kier molecular flexibility index (Phi) is 8.95. The fourth-order valence-electron chi connectivity index (χ4n) is 5.17. The van der Waals surface area contributed by atoms with Crippen LogP contribution in [0.4, 0.5) is 22.1 Å². The van der Waals surface area contributed by atoms with Gasteiger partial charge in [0.05, 0.1) is 21.8 Å². The number of piperazine rings is 1. The number of sulfonamides is 1. The molecule has 2 amide bonds. The Morgan fingerprint density at radius 1 is 0.830 bits per heavy atom. The van der Waals surface area contributed by atoms with Crippen molar-refractivity contribution >= 4 is 61.5 Å². The van der Waals surface area contributed by atoms with Gasteiger partial charge in [-0.1, -0.05) is 42.5 Å². The summed E-state index contributed by atoms with van der Waals surface area (Å²) >= 11 is 1.56. The van der Waals surface area contributed by atoms with Gasteiger partial charge in [-0.05, 0) is 72.8 Å². The van der Waals surface area contributed by atoms with Gasteiger partial charge in [-0.25, -0.2) is 23.2 Å². The van der Waals surface area contributed by atoms with Crippen LogP contribution >= 0.6 is 11.3 Å². The van der Waals surface area contributed by atoms with Gasteiger partial charge in [-0.15, -0.1) is 11.3 Å². The number of thiophene rings is 1. The number of nitrogens with zero attached hydrogens (tertiary/aromatic N) is 4. The molecule has 0 aliphatic carbocycles. The molecule has 1 saturated heterocycles. The first kappa shape index (κ1) is 32.1. The number of rotatable bonds is 7. The van der Waals surface area contributed by atoms with E-state index in [0.29, 0.717) is 30.4 Å². The number of hydrogen-bond acceptors (Lipinski definition) is 9. The molecule has 0 radical (unpaired) electrons. The number of anilines is 3. The van der Waals surface area contributed by atoms with E-state index in [-0.39, 0.29) is 23.5 Å². The van der Waals surface area contributed by atoms with Gasteiger partial charge in [0.2, 0.25) is 16.0 Å². The second-order valence-corrected chi connectivity index (χ2v) is 14.9. The van der Waals surface area contributed by atoms with Gasteiger partial charge in [0, 0.05) is 43.4 Å². The average molecular weight is 671 g/mol. The number of amides is 2. The van der Waals surface area contributed by atoms with E-state index < -0.39 is 27.6 Å². The van der Waals surface area contributed by atoms with Crippen molar-refractivity contribution in [3.8, 4) is 10.4 Å². The lowest BCUT2D eigenvalue weighted by Gasteiger charge is -2.34. The smallest absolute Gasteiger partial charge is 0.412 e. The molecule has 0 atom stereocenters. The standard InChI is InChI=1S/C34H34N6O5S2/c1-34(2,3)45-33(42)38-28-13-11-25(30-9-6-18-46-30)20-29(28)37-31(41)26-21-35-32(36-22-26)39-14-16-40(17-15-39)47(43,44)27-12-10-23-7-4-5-8-24(23)19-27/h4-13,18-22H,14-17H2,1-3H3,(H,37,41)(H,38,42). The van der Waals surface area contributed by atoms with Crippen molar-refractivity contribution in [2.75, 3.05) is 41.7 Å². The van der Waals surface area contributed by atoms with Crippen LogP contribution in [-0.4, -0.2) is 66.5 Å². The normalized spacial score (nSPS) is 14.1. The monoisotopic (exact) mass is 670 g/mol. The van der Waals surface area contributed by atoms with Gasteiger partial charge in [-0.3, -0.25) is 10.1 Å². The zero-order valence-corrected chi connectivity index (χ0v) is 27.8. The molecule has 1 fully saturated rings. The van der Waals surface area contributed by atoms with Crippen molar-refractivity contribution in [1.29, 1.82) is 0 Å². The summed E-state index contributed by atoms with van der Waals surface area (Å²) in [6.07, 6.45) is 2.22. The molecule has 5 aromatic rings.